The van der Waals surface area contributed by atoms with Gasteiger partial charge in [0.25, 0.3) is 0 Å². The van der Waals surface area contributed by atoms with Crippen LogP contribution in [0.4, 0.5) is 0 Å². The maximum Gasteiger partial charge on any atom is 0.200 e. The lowest BCUT2D eigenvalue weighted by Gasteiger charge is -2.39. The highest BCUT2D eigenvalue weighted by Gasteiger charge is 2.50. The maximum absolute atomic E-state index is 12.0. The third-order valence-corrected chi connectivity index (χ3v) is 8.08. The summed E-state index contributed by atoms with van der Waals surface area (Å²) in [5.41, 5.74) is 0. The van der Waals surface area contributed by atoms with Gasteiger partial charge in [0.2, 0.25) is 0 Å². The zero-order valence-corrected chi connectivity index (χ0v) is 13.8. The highest BCUT2D eigenvalue weighted by Crippen LogP contribution is 2.52. The van der Waals surface area contributed by atoms with Gasteiger partial charge in [0.05, 0.1) is 0 Å². The van der Waals surface area contributed by atoms with Gasteiger partial charge in [-0.2, -0.15) is 0 Å². The lowest BCUT2D eigenvalue weighted by Crippen LogP contribution is -2.35. The number of hydrogen-bond donors (Lipinski definition) is 0. The number of fused-ring (bicyclic) bond motifs is 2. The molecule has 0 bridgehead atoms. The second kappa shape index (κ2) is 5.48. The van der Waals surface area contributed by atoms with Gasteiger partial charge in [-0.15, -0.1) is 0 Å². The predicted molar refractivity (Wildman–Crippen MR) is 83.9 cm³/mol. The number of rotatable bonds is 1. The van der Waals surface area contributed by atoms with E-state index in [1.807, 2.05) is 0 Å². The first-order chi connectivity index (χ1) is 10.5. The molecule has 6 heteroatoms. The van der Waals surface area contributed by atoms with E-state index in [9.17, 15) is 19.2 Å². The Morgan fingerprint density at radius 2 is 0.909 bits per heavy atom. The second-order valence-corrected chi connectivity index (χ2v) is 9.07. The van der Waals surface area contributed by atoms with Crippen LogP contribution in [0.5, 0.6) is 0 Å². The largest absolute Gasteiger partial charge is 0.286 e. The number of carbonyl (C=O) groups is 4. The van der Waals surface area contributed by atoms with Crippen molar-refractivity contribution in [3.63, 3.8) is 0 Å². The van der Waals surface area contributed by atoms with Gasteiger partial charge in [-0.25, -0.2) is 0 Å². The molecule has 0 radical (unpaired) electrons. The van der Waals surface area contributed by atoms with Gasteiger partial charge in [-0.05, 0) is 73.9 Å². The lowest BCUT2D eigenvalue weighted by molar-refractivity contribution is -0.124. The maximum atomic E-state index is 12.0. The van der Waals surface area contributed by atoms with Crippen LogP contribution in [0.1, 0.15) is 38.5 Å². The standard InChI is InChI=1S/C16H18O4S2/c17-13-9-3-1-7(5-11(9)15(19)21-13)8-2-4-10-12(6-8)16(20)22-14(10)18/h7-12H,1-6H2. The molecule has 0 amide bonds. The Hall–Kier alpha value is -0.620. The first kappa shape index (κ1) is 14.9. The minimum Gasteiger partial charge on any atom is -0.286 e. The highest BCUT2D eigenvalue weighted by molar-refractivity contribution is 8.27. The molecular formula is C16H18O4S2. The first-order valence-electron chi connectivity index (χ1n) is 8.05. The first-order valence-corrected chi connectivity index (χ1v) is 9.69. The fourth-order valence-corrected chi connectivity index (χ4v) is 6.94. The molecule has 0 spiro atoms. The minimum atomic E-state index is -0.0933. The Bertz CT molecular complexity index is 522. The summed E-state index contributed by atoms with van der Waals surface area (Å²) in [4.78, 5) is 47.5. The molecule has 118 valence electrons. The zero-order valence-electron chi connectivity index (χ0n) is 12.2. The van der Waals surface area contributed by atoms with Crippen LogP contribution in [0, 0.1) is 35.5 Å². The number of hydrogen-bond acceptors (Lipinski definition) is 6. The van der Waals surface area contributed by atoms with Crippen molar-refractivity contribution in [2.24, 2.45) is 35.5 Å². The van der Waals surface area contributed by atoms with E-state index in [0.29, 0.717) is 11.8 Å². The van der Waals surface area contributed by atoms with Crippen molar-refractivity contribution < 1.29 is 19.2 Å². The van der Waals surface area contributed by atoms with E-state index in [-0.39, 0.29) is 44.1 Å². The summed E-state index contributed by atoms with van der Waals surface area (Å²) in [5, 5.41) is 0.224. The molecule has 2 saturated carbocycles. The van der Waals surface area contributed by atoms with E-state index in [1.165, 1.54) is 0 Å². The molecule has 2 saturated heterocycles. The molecule has 4 nitrogen and oxygen atoms in total. The summed E-state index contributed by atoms with van der Waals surface area (Å²) >= 11 is 1.82. The average molecular weight is 338 g/mol. The summed E-state index contributed by atoms with van der Waals surface area (Å²) in [6.07, 6.45) is 5.22. The van der Waals surface area contributed by atoms with Gasteiger partial charge >= 0.3 is 0 Å². The van der Waals surface area contributed by atoms with Crippen molar-refractivity contribution in [1.29, 1.82) is 0 Å². The molecule has 2 heterocycles. The topological polar surface area (TPSA) is 68.3 Å². The highest BCUT2D eigenvalue weighted by atomic mass is 32.2. The van der Waals surface area contributed by atoms with E-state index in [0.717, 1.165) is 62.0 Å². The molecular weight excluding hydrogens is 320 g/mol. The fourth-order valence-electron chi connectivity index (χ4n) is 4.85. The summed E-state index contributed by atoms with van der Waals surface area (Å²) in [6, 6.07) is 0. The zero-order chi connectivity index (χ0) is 15.4. The van der Waals surface area contributed by atoms with Crippen molar-refractivity contribution in [1.82, 2.24) is 0 Å². The monoisotopic (exact) mass is 338 g/mol. The Morgan fingerprint density at radius 1 is 0.545 bits per heavy atom. The third-order valence-electron chi connectivity index (χ3n) is 6.06. The fraction of sp³-hybridized carbons (Fsp3) is 0.750. The Labute approximate surface area is 137 Å². The van der Waals surface area contributed by atoms with Crippen LogP contribution in [0.25, 0.3) is 0 Å². The van der Waals surface area contributed by atoms with E-state index in [2.05, 4.69) is 0 Å². The molecule has 0 aromatic heterocycles. The van der Waals surface area contributed by atoms with Crippen LogP contribution < -0.4 is 0 Å². The summed E-state index contributed by atoms with van der Waals surface area (Å²) in [5.74, 6) is 0.566. The molecule has 0 aromatic rings. The third kappa shape index (κ3) is 2.30. The molecule has 4 fully saturated rings. The van der Waals surface area contributed by atoms with Crippen molar-refractivity contribution in [2.75, 3.05) is 0 Å². The van der Waals surface area contributed by atoms with E-state index in [4.69, 9.17) is 0 Å². The normalized spacial score (nSPS) is 45.1. The summed E-state index contributed by atoms with van der Waals surface area (Å²) in [7, 11) is 0. The average Bonchev–Trinajstić information content (AvgIpc) is 2.96. The van der Waals surface area contributed by atoms with Crippen LogP contribution in [0.3, 0.4) is 0 Å². The van der Waals surface area contributed by atoms with Crippen LogP contribution in [0.15, 0.2) is 0 Å². The van der Waals surface area contributed by atoms with Gasteiger partial charge in [0, 0.05) is 23.7 Å². The predicted octanol–water partition coefficient (Wildman–Crippen LogP) is 2.65. The molecule has 6 atom stereocenters. The van der Waals surface area contributed by atoms with Crippen molar-refractivity contribution >= 4 is 44.0 Å². The van der Waals surface area contributed by atoms with Gasteiger partial charge in [0.15, 0.2) is 20.5 Å². The molecule has 2 aliphatic carbocycles. The molecule has 4 rings (SSSR count). The molecule has 4 aliphatic rings. The minimum absolute atomic E-state index is 0.0519. The Kier molecular flexibility index (Phi) is 3.72. The molecule has 0 N–H and O–H groups in total. The molecule has 0 aromatic carbocycles. The van der Waals surface area contributed by atoms with Crippen LogP contribution >= 0.6 is 23.5 Å². The molecule has 22 heavy (non-hydrogen) atoms. The van der Waals surface area contributed by atoms with Gasteiger partial charge in [0.1, 0.15) is 0 Å². The second-order valence-electron chi connectivity index (χ2n) is 7.05. The van der Waals surface area contributed by atoms with E-state index in [1.54, 1.807) is 0 Å². The molecule has 2 aliphatic heterocycles. The number of carbonyl (C=O) groups excluding carboxylic acids is 4. The summed E-state index contributed by atoms with van der Waals surface area (Å²) < 4.78 is 0. The van der Waals surface area contributed by atoms with Crippen LogP contribution in [-0.4, -0.2) is 20.5 Å². The summed E-state index contributed by atoms with van der Waals surface area (Å²) in [6.45, 7) is 0. The molecule has 6 unspecified atom stereocenters. The quantitative estimate of drug-likeness (QED) is 0.732. The Morgan fingerprint density at radius 3 is 1.32 bits per heavy atom. The van der Waals surface area contributed by atoms with Crippen molar-refractivity contribution in [3.8, 4) is 0 Å². The van der Waals surface area contributed by atoms with Crippen molar-refractivity contribution in [2.45, 2.75) is 38.5 Å². The van der Waals surface area contributed by atoms with Gasteiger partial charge in [-0.3, -0.25) is 19.2 Å². The smallest absolute Gasteiger partial charge is 0.200 e. The van der Waals surface area contributed by atoms with Crippen LogP contribution in [-0.2, 0) is 19.2 Å². The van der Waals surface area contributed by atoms with E-state index >= 15 is 0 Å². The van der Waals surface area contributed by atoms with Gasteiger partial charge < -0.3 is 0 Å². The Balaban J connectivity index is 1.45. The SMILES string of the molecule is O=C1SC(=O)C2CC(C3CCC4C(=O)SC(=O)C4C3)CCC12. The van der Waals surface area contributed by atoms with E-state index < -0.39 is 0 Å². The van der Waals surface area contributed by atoms with Crippen molar-refractivity contribution in [3.05, 3.63) is 0 Å². The lowest BCUT2D eigenvalue weighted by atomic mass is 9.64. The van der Waals surface area contributed by atoms with Crippen LogP contribution in [0.2, 0.25) is 0 Å². The number of thioether (sulfide) groups is 2. The van der Waals surface area contributed by atoms with Gasteiger partial charge in [-0.1, -0.05) is 0 Å².